The maximum Gasteiger partial charge on any atom is 0.263 e. The standard InChI is InChI=1S/C21H16N4O3/c22-10-16(12-24-17-5-1-3-15-4-2-8-23-20(15)17)21(26)25-11-14-6-7-18-19(9-14)28-13-27-18/h1-9,12,24H,11,13H2,(H,25,26)/b16-12-. The number of carbonyl (C=O) groups is 1. The van der Waals surface area contributed by atoms with Gasteiger partial charge in [0.2, 0.25) is 6.79 Å². The van der Waals surface area contributed by atoms with E-state index in [1.807, 2.05) is 42.5 Å². The predicted octanol–water partition coefficient (Wildman–Crippen LogP) is 3.10. The van der Waals surface area contributed by atoms with Crippen LogP contribution in [0.15, 0.2) is 66.5 Å². The summed E-state index contributed by atoms with van der Waals surface area (Å²) < 4.78 is 10.6. The minimum atomic E-state index is -0.471. The number of fused-ring (bicyclic) bond motifs is 2. The van der Waals surface area contributed by atoms with Gasteiger partial charge in [0.1, 0.15) is 11.6 Å². The van der Waals surface area contributed by atoms with Gasteiger partial charge in [-0.15, -0.1) is 0 Å². The number of amides is 1. The third kappa shape index (κ3) is 3.57. The van der Waals surface area contributed by atoms with E-state index in [-0.39, 0.29) is 18.9 Å². The monoisotopic (exact) mass is 372 g/mol. The Labute approximate surface area is 161 Å². The zero-order valence-corrected chi connectivity index (χ0v) is 14.8. The molecule has 0 atom stereocenters. The molecule has 4 rings (SSSR count). The lowest BCUT2D eigenvalue weighted by atomic mass is 10.2. The van der Waals surface area contributed by atoms with E-state index in [0.29, 0.717) is 11.5 Å². The van der Waals surface area contributed by atoms with Crippen LogP contribution < -0.4 is 20.1 Å². The summed E-state index contributed by atoms with van der Waals surface area (Å²) >= 11 is 0. The molecule has 2 N–H and O–H groups in total. The Morgan fingerprint density at radius 2 is 2.04 bits per heavy atom. The number of nitrogens with one attached hydrogen (secondary N) is 2. The van der Waals surface area contributed by atoms with E-state index < -0.39 is 5.91 Å². The van der Waals surface area contributed by atoms with Gasteiger partial charge in [-0.3, -0.25) is 9.78 Å². The van der Waals surface area contributed by atoms with E-state index in [2.05, 4.69) is 15.6 Å². The Kier molecular flexibility index (Phi) is 4.76. The van der Waals surface area contributed by atoms with Crippen LogP contribution in [0.5, 0.6) is 11.5 Å². The summed E-state index contributed by atoms with van der Waals surface area (Å²) in [6.45, 7) is 0.464. The summed E-state index contributed by atoms with van der Waals surface area (Å²) in [5.74, 6) is 0.856. The number of nitriles is 1. The van der Waals surface area contributed by atoms with Crippen molar-refractivity contribution in [3.05, 3.63) is 72.1 Å². The fourth-order valence-corrected chi connectivity index (χ4v) is 2.85. The molecule has 0 spiro atoms. The number of anilines is 1. The van der Waals surface area contributed by atoms with E-state index in [0.717, 1.165) is 22.2 Å². The summed E-state index contributed by atoms with van der Waals surface area (Å²) in [4.78, 5) is 16.7. The van der Waals surface area contributed by atoms with E-state index in [1.165, 1.54) is 6.20 Å². The number of carbonyl (C=O) groups excluding carboxylic acids is 1. The summed E-state index contributed by atoms with van der Waals surface area (Å²) in [5.41, 5.74) is 2.29. The molecule has 1 aliphatic rings. The van der Waals surface area contributed by atoms with Gasteiger partial charge >= 0.3 is 0 Å². The van der Waals surface area contributed by atoms with Gasteiger partial charge in [0.05, 0.1) is 11.2 Å². The van der Waals surface area contributed by atoms with Crippen LogP contribution >= 0.6 is 0 Å². The van der Waals surface area contributed by atoms with Crippen molar-refractivity contribution in [1.29, 1.82) is 5.26 Å². The molecular weight excluding hydrogens is 356 g/mol. The third-order valence-corrected chi connectivity index (χ3v) is 4.26. The summed E-state index contributed by atoms with van der Waals surface area (Å²) in [5, 5.41) is 16.0. The first-order valence-electron chi connectivity index (χ1n) is 8.62. The van der Waals surface area contributed by atoms with Crippen LogP contribution in [0, 0.1) is 11.3 Å². The van der Waals surface area contributed by atoms with Gasteiger partial charge in [-0.25, -0.2) is 0 Å². The normalized spacial score (nSPS) is 12.5. The largest absolute Gasteiger partial charge is 0.454 e. The highest BCUT2D eigenvalue weighted by molar-refractivity contribution is 5.98. The topological polar surface area (TPSA) is 96.3 Å². The average molecular weight is 372 g/mol. The zero-order chi connectivity index (χ0) is 19.3. The van der Waals surface area contributed by atoms with Gasteiger partial charge in [-0.2, -0.15) is 5.26 Å². The first kappa shape index (κ1) is 17.4. The van der Waals surface area contributed by atoms with Crippen LogP contribution in [0.2, 0.25) is 0 Å². The van der Waals surface area contributed by atoms with Crippen molar-refractivity contribution in [3.8, 4) is 17.6 Å². The first-order chi connectivity index (χ1) is 13.7. The lowest BCUT2D eigenvalue weighted by Crippen LogP contribution is -2.24. The van der Waals surface area contributed by atoms with Crippen molar-refractivity contribution in [2.75, 3.05) is 12.1 Å². The smallest absolute Gasteiger partial charge is 0.263 e. The van der Waals surface area contributed by atoms with Crippen molar-refractivity contribution in [2.24, 2.45) is 0 Å². The Hall–Kier alpha value is -4.05. The van der Waals surface area contributed by atoms with E-state index >= 15 is 0 Å². The highest BCUT2D eigenvalue weighted by atomic mass is 16.7. The van der Waals surface area contributed by atoms with Crippen LogP contribution in [0.25, 0.3) is 10.9 Å². The van der Waals surface area contributed by atoms with Crippen molar-refractivity contribution in [1.82, 2.24) is 10.3 Å². The molecule has 28 heavy (non-hydrogen) atoms. The molecule has 1 aliphatic heterocycles. The molecule has 0 bridgehead atoms. The number of ether oxygens (including phenoxy) is 2. The molecule has 7 nitrogen and oxygen atoms in total. The van der Waals surface area contributed by atoms with Gasteiger partial charge in [-0.05, 0) is 29.8 Å². The lowest BCUT2D eigenvalue weighted by molar-refractivity contribution is -0.117. The van der Waals surface area contributed by atoms with Crippen LogP contribution in [0.4, 0.5) is 5.69 Å². The lowest BCUT2D eigenvalue weighted by Gasteiger charge is -2.07. The minimum absolute atomic E-state index is 0.0336. The zero-order valence-electron chi connectivity index (χ0n) is 14.8. The molecule has 0 saturated carbocycles. The Morgan fingerprint density at radius 3 is 2.93 bits per heavy atom. The number of para-hydroxylation sites is 1. The fourth-order valence-electron chi connectivity index (χ4n) is 2.85. The summed E-state index contributed by atoms with van der Waals surface area (Å²) in [6.07, 6.45) is 3.08. The Morgan fingerprint density at radius 1 is 1.18 bits per heavy atom. The molecule has 1 aromatic heterocycles. The molecular formula is C21H16N4O3. The molecule has 0 unspecified atom stereocenters. The van der Waals surface area contributed by atoms with Crippen LogP contribution in [0.1, 0.15) is 5.56 Å². The van der Waals surface area contributed by atoms with Crippen molar-refractivity contribution < 1.29 is 14.3 Å². The van der Waals surface area contributed by atoms with Crippen molar-refractivity contribution in [3.63, 3.8) is 0 Å². The Bertz CT molecular complexity index is 1110. The Balaban J connectivity index is 1.44. The van der Waals surface area contributed by atoms with Crippen LogP contribution in [-0.2, 0) is 11.3 Å². The minimum Gasteiger partial charge on any atom is -0.454 e. The number of pyridine rings is 1. The molecule has 2 heterocycles. The first-order valence-corrected chi connectivity index (χ1v) is 8.62. The number of benzene rings is 2. The van der Waals surface area contributed by atoms with Crippen molar-refractivity contribution in [2.45, 2.75) is 6.54 Å². The summed E-state index contributed by atoms with van der Waals surface area (Å²) in [6, 6.07) is 16.8. The van der Waals surface area contributed by atoms with Gasteiger partial charge in [0.15, 0.2) is 11.5 Å². The number of nitrogens with zero attached hydrogens (tertiary/aromatic N) is 2. The van der Waals surface area contributed by atoms with Crippen LogP contribution in [0.3, 0.4) is 0 Å². The van der Waals surface area contributed by atoms with E-state index in [9.17, 15) is 10.1 Å². The maximum atomic E-state index is 12.4. The molecule has 2 aromatic carbocycles. The van der Waals surface area contributed by atoms with Gasteiger partial charge < -0.3 is 20.1 Å². The molecule has 1 amide bonds. The number of rotatable bonds is 5. The quantitative estimate of drug-likeness (QED) is 0.528. The van der Waals surface area contributed by atoms with Crippen LogP contribution in [-0.4, -0.2) is 17.7 Å². The highest BCUT2D eigenvalue weighted by Gasteiger charge is 2.14. The van der Waals surface area contributed by atoms with Crippen molar-refractivity contribution >= 4 is 22.5 Å². The van der Waals surface area contributed by atoms with Gasteiger partial charge in [0.25, 0.3) is 5.91 Å². The second-order valence-electron chi connectivity index (χ2n) is 6.07. The fraction of sp³-hybridized carbons (Fsp3) is 0.0952. The molecule has 7 heteroatoms. The third-order valence-electron chi connectivity index (χ3n) is 4.26. The second-order valence-corrected chi connectivity index (χ2v) is 6.07. The number of hydrogen-bond donors (Lipinski definition) is 2. The van der Waals surface area contributed by atoms with Gasteiger partial charge in [0, 0.05) is 24.3 Å². The number of hydrogen-bond acceptors (Lipinski definition) is 6. The van der Waals surface area contributed by atoms with Gasteiger partial charge in [-0.1, -0.05) is 24.3 Å². The highest BCUT2D eigenvalue weighted by Crippen LogP contribution is 2.32. The maximum absolute atomic E-state index is 12.4. The molecule has 3 aromatic rings. The molecule has 0 saturated heterocycles. The molecule has 0 radical (unpaired) electrons. The predicted molar refractivity (Wildman–Crippen MR) is 103 cm³/mol. The SMILES string of the molecule is N#C/C(=C/Nc1cccc2cccnc12)C(=O)NCc1ccc2c(c1)OCO2. The molecule has 138 valence electrons. The average Bonchev–Trinajstić information content (AvgIpc) is 3.20. The molecule has 0 fully saturated rings. The van der Waals surface area contributed by atoms with E-state index in [1.54, 1.807) is 18.3 Å². The second kappa shape index (κ2) is 7.68. The number of aromatic nitrogens is 1. The molecule has 0 aliphatic carbocycles. The van der Waals surface area contributed by atoms with E-state index in [4.69, 9.17) is 9.47 Å². The summed E-state index contributed by atoms with van der Waals surface area (Å²) in [7, 11) is 0.